The lowest BCUT2D eigenvalue weighted by atomic mass is 10.2. The summed E-state index contributed by atoms with van der Waals surface area (Å²) in [4.78, 5) is 0. The molecule has 58 valence electrons. The summed E-state index contributed by atoms with van der Waals surface area (Å²) in [6.45, 7) is 1.85. The van der Waals surface area contributed by atoms with Crippen LogP contribution in [0.25, 0.3) is 0 Å². The third-order valence-electron chi connectivity index (χ3n) is 1.44. The van der Waals surface area contributed by atoms with Gasteiger partial charge in [0.2, 0.25) is 0 Å². The fraction of sp³-hybridized carbons (Fsp3) is 0.375. The van der Waals surface area contributed by atoms with Crippen molar-refractivity contribution >= 4 is 0 Å². The molecule has 0 fully saturated rings. The molecule has 1 atom stereocenters. The zero-order valence-electron chi connectivity index (χ0n) is 6.37. The molecule has 3 heteroatoms. The summed E-state index contributed by atoms with van der Waals surface area (Å²) in [5, 5.41) is 8.33. The summed E-state index contributed by atoms with van der Waals surface area (Å²) < 4.78 is 5.22. The van der Waals surface area contributed by atoms with E-state index in [1.807, 2.05) is 19.1 Å². The zero-order valence-corrected chi connectivity index (χ0v) is 6.37. The van der Waals surface area contributed by atoms with Gasteiger partial charge in [0.1, 0.15) is 11.5 Å². The number of hydrogen-bond donors (Lipinski definition) is 1. The Labute approximate surface area is 65.4 Å². The smallest absolute Gasteiger partial charge is 0.121 e. The van der Waals surface area contributed by atoms with Crippen LogP contribution in [0.5, 0.6) is 0 Å². The van der Waals surface area contributed by atoms with Crippen LogP contribution >= 0.6 is 0 Å². The summed E-state index contributed by atoms with van der Waals surface area (Å²) in [5.41, 5.74) is 5.60. The van der Waals surface area contributed by atoms with E-state index in [9.17, 15) is 0 Å². The first-order valence-corrected chi connectivity index (χ1v) is 3.43. The summed E-state index contributed by atoms with van der Waals surface area (Å²) >= 11 is 0. The molecule has 0 aliphatic rings. The van der Waals surface area contributed by atoms with E-state index in [0.717, 1.165) is 5.76 Å². The summed E-state index contributed by atoms with van der Waals surface area (Å²) in [5.74, 6) is 1.51. The van der Waals surface area contributed by atoms with Crippen LogP contribution in [0, 0.1) is 18.3 Å². The maximum Gasteiger partial charge on any atom is 0.121 e. The summed E-state index contributed by atoms with van der Waals surface area (Å²) in [6.07, 6.45) is 0.299. The van der Waals surface area contributed by atoms with Crippen LogP contribution in [0.15, 0.2) is 16.5 Å². The number of nitriles is 1. The van der Waals surface area contributed by atoms with E-state index in [1.165, 1.54) is 0 Å². The van der Waals surface area contributed by atoms with Gasteiger partial charge in [0, 0.05) is 0 Å². The van der Waals surface area contributed by atoms with Gasteiger partial charge in [0.15, 0.2) is 0 Å². The van der Waals surface area contributed by atoms with Crippen LogP contribution in [0.1, 0.15) is 24.0 Å². The number of furan rings is 1. The Morgan fingerprint density at radius 1 is 1.73 bits per heavy atom. The fourth-order valence-corrected chi connectivity index (χ4v) is 0.852. The van der Waals surface area contributed by atoms with Crippen molar-refractivity contribution in [2.75, 3.05) is 0 Å². The lowest BCUT2D eigenvalue weighted by Gasteiger charge is -2.00. The van der Waals surface area contributed by atoms with Crippen molar-refractivity contribution in [1.82, 2.24) is 0 Å². The van der Waals surface area contributed by atoms with Crippen molar-refractivity contribution in [2.45, 2.75) is 19.4 Å². The Morgan fingerprint density at radius 3 is 2.91 bits per heavy atom. The monoisotopic (exact) mass is 150 g/mol. The second kappa shape index (κ2) is 3.22. The molecule has 0 aliphatic carbocycles. The Kier molecular flexibility index (Phi) is 2.29. The minimum absolute atomic E-state index is 0.284. The molecule has 0 saturated carbocycles. The van der Waals surface area contributed by atoms with E-state index in [1.54, 1.807) is 6.07 Å². The molecule has 1 aromatic heterocycles. The predicted octanol–water partition coefficient (Wildman–Crippen LogP) is 1.50. The van der Waals surface area contributed by atoms with Gasteiger partial charge < -0.3 is 10.2 Å². The average Bonchev–Trinajstić information content (AvgIpc) is 2.36. The van der Waals surface area contributed by atoms with Crippen molar-refractivity contribution in [3.05, 3.63) is 23.7 Å². The SMILES string of the molecule is Cc1ccc(C(N)CC#N)o1. The summed E-state index contributed by atoms with van der Waals surface area (Å²) in [7, 11) is 0. The highest BCUT2D eigenvalue weighted by atomic mass is 16.3. The van der Waals surface area contributed by atoms with Crippen LogP contribution in [0.4, 0.5) is 0 Å². The predicted molar refractivity (Wildman–Crippen MR) is 40.6 cm³/mol. The van der Waals surface area contributed by atoms with E-state index in [-0.39, 0.29) is 6.04 Å². The number of nitrogens with zero attached hydrogens (tertiary/aromatic N) is 1. The summed E-state index contributed by atoms with van der Waals surface area (Å²) in [6, 6.07) is 5.35. The van der Waals surface area contributed by atoms with Crippen molar-refractivity contribution in [3.8, 4) is 6.07 Å². The molecule has 11 heavy (non-hydrogen) atoms. The lowest BCUT2D eigenvalue weighted by molar-refractivity contribution is 0.448. The molecule has 3 nitrogen and oxygen atoms in total. The molecular formula is C8H10N2O. The lowest BCUT2D eigenvalue weighted by Crippen LogP contribution is -2.07. The van der Waals surface area contributed by atoms with E-state index < -0.39 is 0 Å². The van der Waals surface area contributed by atoms with Crippen molar-refractivity contribution in [1.29, 1.82) is 5.26 Å². The molecule has 0 aromatic carbocycles. The van der Waals surface area contributed by atoms with Gasteiger partial charge in [-0.05, 0) is 19.1 Å². The van der Waals surface area contributed by atoms with Crippen LogP contribution in [-0.2, 0) is 0 Å². The molecule has 0 bridgehead atoms. The molecule has 2 N–H and O–H groups in total. The molecule has 1 heterocycles. The Hall–Kier alpha value is -1.27. The molecule has 1 rings (SSSR count). The highest BCUT2D eigenvalue weighted by Crippen LogP contribution is 2.15. The largest absolute Gasteiger partial charge is 0.465 e. The zero-order chi connectivity index (χ0) is 8.27. The van der Waals surface area contributed by atoms with E-state index in [2.05, 4.69) is 0 Å². The molecule has 0 radical (unpaired) electrons. The van der Waals surface area contributed by atoms with Crippen LogP contribution in [0.3, 0.4) is 0 Å². The second-order valence-electron chi connectivity index (χ2n) is 2.42. The standard InChI is InChI=1S/C8H10N2O/c1-6-2-3-8(11-6)7(10)4-5-9/h2-3,7H,4,10H2,1H3. The van der Waals surface area contributed by atoms with Gasteiger partial charge in [-0.25, -0.2) is 0 Å². The number of aryl methyl sites for hydroxylation is 1. The number of rotatable bonds is 2. The van der Waals surface area contributed by atoms with E-state index in [4.69, 9.17) is 15.4 Å². The number of hydrogen-bond acceptors (Lipinski definition) is 3. The minimum atomic E-state index is -0.284. The first kappa shape index (κ1) is 7.83. The van der Waals surface area contributed by atoms with Crippen LogP contribution < -0.4 is 5.73 Å². The molecular weight excluding hydrogens is 140 g/mol. The Morgan fingerprint density at radius 2 is 2.45 bits per heavy atom. The van der Waals surface area contributed by atoms with Gasteiger partial charge in [-0.3, -0.25) is 0 Å². The van der Waals surface area contributed by atoms with Crippen molar-refractivity contribution < 1.29 is 4.42 Å². The quantitative estimate of drug-likeness (QED) is 0.694. The van der Waals surface area contributed by atoms with Gasteiger partial charge in [0.25, 0.3) is 0 Å². The fourth-order valence-electron chi connectivity index (χ4n) is 0.852. The maximum atomic E-state index is 8.33. The van der Waals surface area contributed by atoms with Gasteiger partial charge in [-0.2, -0.15) is 5.26 Å². The molecule has 1 unspecified atom stereocenters. The minimum Gasteiger partial charge on any atom is -0.465 e. The van der Waals surface area contributed by atoms with E-state index in [0.29, 0.717) is 12.2 Å². The molecule has 0 spiro atoms. The van der Waals surface area contributed by atoms with Crippen LogP contribution in [-0.4, -0.2) is 0 Å². The Bertz CT molecular complexity index is 272. The van der Waals surface area contributed by atoms with E-state index >= 15 is 0 Å². The Balaban J connectivity index is 2.70. The maximum absolute atomic E-state index is 8.33. The molecule has 1 aromatic rings. The van der Waals surface area contributed by atoms with Gasteiger partial charge >= 0.3 is 0 Å². The highest BCUT2D eigenvalue weighted by Gasteiger charge is 2.08. The third-order valence-corrected chi connectivity index (χ3v) is 1.44. The average molecular weight is 150 g/mol. The highest BCUT2D eigenvalue weighted by molar-refractivity contribution is 5.10. The van der Waals surface area contributed by atoms with Gasteiger partial charge in [0.05, 0.1) is 18.5 Å². The first-order chi connectivity index (χ1) is 5.24. The third kappa shape index (κ3) is 1.82. The first-order valence-electron chi connectivity index (χ1n) is 3.43. The topological polar surface area (TPSA) is 63.0 Å². The van der Waals surface area contributed by atoms with Crippen LogP contribution in [0.2, 0.25) is 0 Å². The van der Waals surface area contributed by atoms with Gasteiger partial charge in [-0.15, -0.1) is 0 Å². The van der Waals surface area contributed by atoms with Crippen molar-refractivity contribution in [3.63, 3.8) is 0 Å². The molecule has 0 amide bonds. The second-order valence-corrected chi connectivity index (χ2v) is 2.42. The van der Waals surface area contributed by atoms with Gasteiger partial charge in [-0.1, -0.05) is 0 Å². The number of nitrogens with two attached hydrogens (primary N) is 1. The molecule has 0 saturated heterocycles. The normalized spacial score (nSPS) is 12.5. The van der Waals surface area contributed by atoms with Crippen molar-refractivity contribution in [2.24, 2.45) is 5.73 Å². The molecule has 0 aliphatic heterocycles.